The van der Waals surface area contributed by atoms with Gasteiger partial charge in [0.1, 0.15) is 17.5 Å². The first-order valence-electron chi connectivity index (χ1n) is 6.19. The number of nitrogens with zero attached hydrogens (tertiary/aromatic N) is 3. The van der Waals surface area contributed by atoms with Crippen molar-refractivity contribution in [3.63, 3.8) is 0 Å². The molecule has 0 saturated heterocycles. The predicted molar refractivity (Wildman–Crippen MR) is 64.6 cm³/mol. The third kappa shape index (κ3) is 1.90. The van der Waals surface area contributed by atoms with Gasteiger partial charge in [-0.15, -0.1) is 0 Å². The average Bonchev–Trinajstić information content (AvgIpc) is 3.07. The zero-order valence-electron chi connectivity index (χ0n) is 10.2. The molecule has 92 valence electrons. The van der Waals surface area contributed by atoms with E-state index in [1.807, 2.05) is 6.07 Å². The van der Waals surface area contributed by atoms with Gasteiger partial charge < -0.3 is 9.51 Å². The van der Waals surface area contributed by atoms with Crippen molar-refractivity contribution in [3.05, 3.63) is 23.7 Å². The van der Waals surface area contributed by atoms with Crippen LogP contribution in [0.3, 0.4) is 0 Å². The van der Waals surface area contributed by atoms with Crippen LogP contribution in [0.1, 0.15) is 43.6 Å². The quantitative estimate of drug-likeness (QED) is 0.878. The van der Waals surface area contributed by atoms with Crippen LogP contribution in [0.15, 0.2) is 16.7 Å². The summed E-state index contributed by atoms with van der Waals surface area (Å²) in [6.07, 6.45) is 3.50. The summed E-state index contributed by atoms with van der Waals surface area (Å²) < 4.78 is 5.25. The van der Waals surface area contributed by atoms with Crippen LogP contribution in [-0.4, -0.2) is 15.1 Å². The number of H-pyrrole nitrogens is 1. The minimum Gasteiger partial charge on any atom is -0.342 e. The molecule has 2 unspecified atom stereocenters. The van der Waals surface area contributed by atoms with Gasteiger partial charge in [-0.2, -0.15) is 10.2 Å². The van der Waals surface area contributed by atoms with E-state index < -0.39 is 0 Å². The summed E-state index contributed by atoms with van der Waals surface area (Å²) in [5, 5.41) is 12.8. The molecule has 2 heterocycles. The van der Waals surface area contributed by atoms with Crippen LogP contribution in [0.5, 0.6) is 0 Å². The Labute approximate surface area is 105 Å². The van der Waals surface area contributed by atoms with Crippen molar-refractivity contribution < 1.29 is 4.52 Å². The second-order valence-corrected chi connectivity index (χ2v) is 4.97. The van der Waals surface area contributed by atoms with Gasteiger partial charge >= 0.3 is 0 Å². The summed E-state index contributed by atoms with van der Waals surface area (Å²) >= 11 is 0. The second kappa shape index (κ2) is 4.30. The van der Waals surface area contributed by atoms with Gasteiger partial charge in [-0.3, -0.25) is 0 Å². The summed E-state index contributed by atoms with van der Waals surface area (Å²) in [7, 11) is 0. The number of aromatic nitrogens is 3. The van der Waals surface area contributed by atoms with E-state index in [-0.39, 0.29) is 0 Å². The van der Waals surface area contributed by atoms with Crippen molar-refractivity contribution in [1.82, 2.24) is 15.1 Å². The molecule has 0 spiro atoms. The Bertz CT molecular complexity index is 592. The predicted octanol–water partition coefficient (Wildman–Crippen LogP) is 2.84. The first-order valence-corrected chi connectivity index (χ1v) is 6.19. The molecule has 0 bridgehead atoms. The Morgan fingerprint density at radius 1 is 1.44 bits per heavy atom. The maximum atomic E-state index is 8.76. The van der Waals surface area contributed by atoms with Crippen LogP contribution < -0.4 is 0 Å². The van der Waals surface area contributed by atoms with Gasteiger partial charge in [0.25, 0.3) is 5.89 Å². The summed E-state index contributed by atoms with van der Waals surface area (Å²) in [4.78, 5) is 7.36. The fraction of sp³-hybridized carbons (Fsp3) is 0.462. The molecule has 2 aromatic heterocycles. The third-order valence-electron chi connectivity index (χ3n) is 3.54. The third-order valence-corrected chi connectivity index (χ3v) is 3.54. The molecular formula is C13H14N4O. The van der Waals surface area contributed by atoms with Crippen molar-refractivity contribution in [3.8, 4) is 17.7 Å². The van der Waals surface area contributed by atoms with E-state index in [0.29, 0.717) is 23.2 Å². The van der Waals surface area contributed by atoms with Crippen molar-refractivity contribution >= 4 is 0 Å². The summed E-state index contributed by atoms with van der Waals surface area (Å²) in [5.74, 6) is 2.42. The van der Waals surface area contributed by atoms with Crippen LogP contribution in [0.25, 0.3) is 11.6 Å². The van der Waals surface area contributed by atoms with Crippen LogP contribution in [0, 0.1) is 17.2 Å². The van der Waals surface area contributed by atoms with Crippen molar-refractivity contribution in [2.75, 3.05) is 0 Å². The van der Waals surface area contributed by atoms with Crippen LogP contribution in [0.2, 0.25) is 0 Å². The molecule has 3 rings (SSSR count). The number of aromatic amines is 1. The fourth-order valence-corrected chi connectivity index (χ4v) is 2.54. The molecular weight excluding hydrogens is 228 g/mol. The topological polar surface area (TPSA) is 78.5 Å². The molecule has 0 radical (unpaired) electrons. The Kier molecular flexibility index (Phi) is 2.63. The van der Waals surface area contributed by atoms with Crippen molar-refractivity contribution in [2.24, 2.45) is 5.92 Å². The maximum absolute atomic E-state index is 8.76. The molecule has 5 heteroatoms. The highest BCUT2D eigenvalue weighted by Gasteiger charge is 2.27. The van der Waals surface area contributed by atoms with Crippen LogP contribution in [-0.2, 0) is 0 Å². The summed E-state index contributed by atoms with van der Waals surface area (Å²) in [6.45, 7) is 2.26. The first kappa shape index (κ1) is 11.0. The van der Waals surface area contributed by atoms with Crippen molar-refractivity contribution in [2.45, 2.75) is 32.1 Å². The fourth-order valence-electron chi connectivity index (χ4n) is 2.54. The maximum Gasteiger partial charge on any atom is 0.274 e. The minimum atomic E-state index is 0.419. The molecule has 0 aliphatic heterocycles. The molecule has 1 fully saturated rings. The average molecular weight is 242 g/mol. The molecule has 2 aromatic rings. The Morgan fingerprint density at radius 2 is 2.33 bits per heavy atom. The summed E-state index contributed by atoms with van der Waals surface area (Å²) in [5.41, 5.74) is 1.20. The lowest BCUT2D eigenvalue weighted by Crippen LogP contribution is -1.96. The normalized spacial score (nSPS) is 23.1. The first-order chi connectivity index (χ1) is 8.76. The SMILES string of the molecule is CC1CCC(c2noc(-c3ccc(C#N)[nH]3)n2)C1. The van der Waals surface area contributed by atoms with E-state index in [1.54, 1.807) is 12.1 Å². The number of nitrogens with one attached hydrogen (secondary N) is 1. The molecule has 0 aromatic carbocycles. The second-order valence-electron chi connectivity index (χ2n) is 4.97. The lowest BCUT2D eigenvalue weighted by atomic mass is 10.1. The van der Waals surface area contributed by atoms with Gasteiger partial charge in [0.15, 0.2) is 5.82 Å². The Hall–Kier alpha value is -2.09. The Balaban J connectivity index is 1.83. The highest BCUT2D eigenvalue weighted by atomic mass is 16.5. The van der Waals surface area contributed by atoms with E-state index in [9.17, 15) is 0 Å². The monoisotopic (exact) mass is 242 g/mol. The molecule has 1 aliphatic carbocycles. The van der Waals surface area contributed by atoms with Gasteiger partial charge in [-0.05, 0) is 37.3 Å². The van der Waals surface area contributed by atoms with E-state index in [1.165, 1.54) is 6.42 Å². The van der Waals surface area contributed by atoms with Gasteiger partial charge in [-0.1, -0.05) is 12.1 Å². The number of rotatable bonds is 2. The molecule has 0 amide bonds. The van der Waals surface area contributed by atoms with E-state index in [4.69, 9.17) is 9.78 Å². The number of nitriles is 1. The summed E-state index contributed by atoms with van der Waals surface area (Å²) in [6, 6.07) is 5.53. The van der Waals surface area contributed by atoms with Crippen molar-refractivity contribution in [1.29, 1.82) is 5.26 Å². The molecule has 5 nitrogen and oxygen atoms in total. The minimum absolute atomic E-state index is 0.419. The van der Waals surface area contributed by atoms with Gasteiger partial charge in [0.05, 0.1) is 0 Å². The van der Waals surface area contributed by atoms with Gasteiger partial charge in [-0.25, -0.2) is 0 Å². The van der Waals surface area contributed by atoms with Gasteiger partial charge in [0.2, 0.25) is 0 Å². The standard InChI is InChI=1S/C13H14N4O/c1-8-2-3-9(6-8)12-16-13(18-17-12)11-5-4-10(7-14)15-11/h4-5,8-9,15H,2-3,6H2,1H3. The highest BCUT2D eigenvalue weighted by Crippen LogP contribution is 2.37. The van der Waals surface area contributed by atoms with Crippen LogP contribution in [0.4, 0.5) is 0 Å². The lowest BCUT2D eigenvalue weighted by Gasteiger charge is -2.01. The van der Waals surface area contributed by atoms with Crippen LogP contribution >= 0.6 is 0 Å². The van der Waals surface area contributed by atoms with Gasteiger partial charge in [0, 0.05) is 5.92 Å². The van der Waals surface area contributed by atoms with E-state index in [2.05, 4.69) is 22.0 Å². The number of hydrogen-bond donors (Lipinski definition) is 1. The number of hydrogen-bond acceptors (Lipinski definition) is 4. The smallest absolute Gasteiger partial charge is 0.274 e. The molecule has 1 aliphatic rings. The van der Waals surface area contributed by atoms with E-state index >= 15 is 0 Å². The molecule has 2 atom stereocenters. The molecule has 1 N–H and O–H groups in total. The van der Waals surface area contributed by atoms with E-state index in [0.717, 1.165) is 24.6 Å². The largest absolute Gasteiger partial charge is 0.342 e. The zero-order valence-corrected chi connectivity index (χ0v) is 10.2. The lowest BCUT2D eigenvalue weighted by molar-refractivity contribution is 0.414. The Morgan fingerprint density at radius 3 is 3.00 bits per heavy atom. The molecule has 18 heavy (non-hydrogen) atoms. The highest BCUT2D eigenvalue weighted by molar-refractivity contribution is 5.49. The zero-order chi connectivity index (χ0) is 12.5. The molecule has 1 saturated carbocycles.